The lowest BCUT2D eigenvalue weighted by molar-refractivity contribution is 0.465. The molecule has 0 radical (unpaired) electrons. The van der Waals surface area contributed by atoms with Crippen LogP contribution in [0.15, 0.2) is 40.1 Å². The van der Waals surface area contributed by atoms with Crippen molar-refractivity contribution in [1.29, 1.82) is 5.26 Å². The van der Waals surface area contributed by atoms with Gasteiger partial charge in [-0.25, -0.2) is 0 Å². The number of aromatic nitrogens is 4. The van der Waals surface area contributed by atoms with Crippen LogP contribution in [-0.4, -0.2) is 20.0 Å². The molecule has 0 spiro atoms. The number of nitriles is 1. The van der Waals surface area contributed by atoms with Gasteiger partial charge in [0.25, 0.3) is 11.1 Å². The predicted molar refractivity (Wildman–Crippen MR) is 82.0 cm³/mol. The molecule has 7 heteroatoms. The molecular formula is C15H13N5OS. The van der Waals surface area contributed by atoms with Crippen molar-refractivity contribution in [2.45, 2.75) is 17.9 Å². The van der Waals surface area contributed by atoms with E-state index < -0.39 is 0 Å². The zero-order valence-electron chi connectivity index (χ0n) is 12.1. The molecule has 0 aliphatic heterocycles. The van der Waals surface area contributed by atoms with Crippen LogP contribution in [0.2, 0.25) is 0 Å². The lowest BCUT2D eigenvalue weighted by Gasteiger charge is -1.97. The van der Waals surface area contributed by atoms with Crippen molar-refractivity contribution in [2.75, 3.05) is 0 Å². The van der Waals surface area contributed by atoms with Crippen LogP contribution in [0.3, 0.4) is 0 Å². The van der Waals surface area contributed by atoms with Crippen molar-refractivity contribution < 1.29 is 4.42 Å². The van der Waals surface area contributed by atoms with Gasteiger partial charge in [-0.15, -0.1) is 10.2 Å². The van der Waals surface area contributed by atoms with Crippen molar-refractivity contribution in [3.63, 3.8) is 0 Å². The van der Waals surface area contributed by atoms with Gasteiger partial charge in [-0.2, -0.15) is 10.4 Å². The van der Waals surface area contributed by atoms with Gasteiger partial charge in [0.05, 0.1) is 22.9 Å². The topological polar surface area (TPSA) is 80.5 Å². The van der Waals surface area contributed by atoms with Crippen molar-refractivity contribution in [3.8, 4) is 17.5 Å². The Bertz CT molecular complexity index is 828. The summed E-state index contributed by atoms with van der Waals surface area (Å²) in [6, 6.07) is 9.55. The summed E-state index contributed by atoms with van der Waals surface area (Å²) >= 11 is 1.46. The van der Waals surface area contributed by atoms with Crippen molar-refractivity contribution in [3.05, 3.63) is 47.3 Å². The molecule has 0 saturated heterocycles. The first-order chi connectivity index (χ1) is 10.7. The molecule has 0 amide bonds. The highest BCUT2D eigenvalue weighted by atomic mass is 32.2. The summed E-state index contributed by atoms with van der Waals surface area (Å²) in [5.41, 5.74) is 3.46. The first kappa shape index (κ1) is 14.4. The van der Waals surface area contributed by atoms with E-state index in [-0.39, 0.29) is 0 Å². The summed E-state index contributed by atoms with van der Waals surface area (Å²) in [6.45, 7) is 1.91. The molecule has 0 saturated carbocycles. The number of rotatable bonds is 4. The molecule has 110 valence electrons. The third kappa shape index (κ3) is 3.02. The molecule has 0 aliphatic carbocycles. The van der Waals surface area contributed by atoms with Crippen LogP contribution in [0, 0.1) is 18.3 Å². The van der Waals surface area contributed by atoms with Crippen LogP contribution in [0.1, 0.15) is 16.8 Å². The maximum Gasteiger partial charge on any atom is 0.277 e. The average molecular weight is 311 g/mol. The Balaban J connectivity index is 1.69. The molecule has 6 nitrogen and oxygen atoms in total. The summed E-state index contributed by atoms with van der Waals surface area (Å²) in [5, 5.41) is 21.7. The molecule has 0 aliphatic rings. The van der Waals surface area contributed by atoms with E-state index in [1.54, 1.807) is 16.8 Å². The fourth-order valence-electron chi connectivity index (χ4n) is 2.01. The third-order valence-electron chi connectivity index (χ3n) is 3.10. The molecule has 0 N–H and O–H groups in total. The highest BCUT2D eigenvalue weighted by Crippen LogP contribution is 2.26. The summed E-state index contributed by atoms with van der Waals surface area (Å²) in [6.07, 6.45) is 1.86. The molecule has 2 aromatic heterocycles. The van der Waals surface area contributed by atoms with Crippen LogP contribution in [-0.2, 0) is 12.8 Å². The monoisotopic (exact) mass is 311 g/mol. The summed E-state index contributed by atoms with van der Waals surface area (Å²) < 4.78 is 7.39. The standard InChI is InChI=1S/C15H13N5OS/c1-10-13(8-20(2)19-10)14-17-18-15(21-14)22-9-12-5-3-11(7-16)4-6-12/h3-6,8H,9H2,1-2H3. The number of nitrogens with zero attached hydrogens (tertiary/aromatic N) is 5. The van der Waals surface area contributed by atoms with Gasteiger partial charge in [-0.3, -0.25) is 4.68 Å². The zero-order chi connectivity index (χ0) is 15.5. The van der Waals surface area contributed by atoms with E-state index in [2.05, 4.69) is 21.4 Å². The molecule has 22 heavy (non-hydrogen) atoms. The van der Waals surface area contributed by atoms with Crippen molar-refractivity contribution in [1.82, 2.24) is 20.0 Å². The fourth-order valence-corrected chi connectivity index (χ4v) is 2.73. The van der Waals surface area contributed by atoms with E-state index in [0.29, 0.717) is 22.4 Å². The minimum absolute atomic E-state index is 0.480. The van der Waals surface area contributed by atoms with Crippen LogP contribution < -0.4 is 0 Å². The second-order valence-corrected chi connectivity index (χ2v) is 5.70. The maximum absolute atomic E-state index is 8.78. The average Bonchev–Trinajstić information content (AvgIpc) is 3.12. The Morgan fingerprint density at radius 2 is 2.05 bits per heavy atom. The lowest BCUT2D eigenvalue weighted by atomic mass is 10.2. The van der Waals surface area contributed by atoms with E-state index in [1.807, 2.05) is 32.3 Å². The first-order valence-electron chi connectivity index (χ1n) is 6.61. The van der Waals surface area contributed by atoms with Crippen LogP contribution in [0.4, 0.5) is 0 Å². The fraction of sp³-hybridized carbons (Fsp3) is 0.200. The molecule has 2 heterocycles. The minimum atomic E-state index is 0.480. The summed E-state index contributed by atoms with van der Waals surface area (Å²) in [7, 11) is 1.85. The highest BCUT2D eigenvalue weighted by Gasteiger charge is 2.14. The van der Waals surface area contributed by atoms with Gasteiger partial charge in [-0.05, 0) is 24.6 Å². The molecule has 0 bridgehead atoms. The van der Waals surface area contributed by atoms with Gasteiger partial charge in [0.1, 0.15) is 0 Å². The number of hydrogen-bond donors (Lipinski definition) is 0. The number of thioether (sulfide) groups is 1. The Labute approximate surface area is 131 Å². The summed E-state index contributed by atoms with van der Waals surface area (Å²) in [5.74, 6) is 1.19. The lowest BCUT2D eigenvalue weighted by Crippen LogP contribution is -1.86. The normalized spacial score (nSPS) is 10.6. The van der Waals surface area contributed by atoms with Gasteiger partial charge < -0.3 is 4.42 Å². The van der Waals surface area contributed by atoms with Gasteiger partial charge in [-0.1, -0.05) is 23.9 Å². The molecule has 0 unspecified atom stereocenters. The predicted octanol–water partition coefficient (Wildman–Crippen LogP) is 2.94. The van der Waals surface area contributed by atoms with E-state index in [1.165, 1.54) is 11.8 Å². The minimum Gasteiger partial charge on any atom is -0.411 e. The Hall–Kier alpha value is -2.59. The van der Waals surface area contributed by atoms with Crippen molar-refractivity contribution >= 4 is 11.8 Å². The Morgan fingerprint density at radius 1 is 1.27 bits per heavy atom. The Morgan fingerprint density at radius 3 is 2.68 bits per heavy atom. The number of benzene rings is 1. The molecular weight excluding hydrogens is 298 g/mol. The quantitative estimate of drug-likeness (QED) is 0.689. The van der Waals surface area contributed by atoms with E-state index in [0.717, 1.165) is 16.8 Å². The van der Waals surface area contributed by atoms with Gasteiger partial charge >= 0.3 is 0 Å². The molecule has 0 atom stereocenters. The second kappa shape index (κ2) is 6.03. The second-order valence-electron chi connectivity index (χ2n) is 4.77. The highest BCUT2D eigenvalue weighted by molar-refractivity contribution is 7.98. The van der Waals surface area contributed by atoms with E-state index in [4.69, 9.17) is 9.68 Å². The first-order valence-corrected chi connectivity index (χ1v) is 7.60. The van der Waals surface area contributed by atoms with E-state index in [9.17, 15) is 0 Å². The maximum atomic E-state index is 8.78. The molecule has 1 aromatic carbocycles. The molecule has 0 fully saturated rings. The smallest absolute Gasteiger partial charge is 0.277 e. The zero-order valence-corrected chi connectivity index (χ0v) is 13.0. The molecule has 3 aromatic rings. The number of hydrogen-bond acceptors (Lipinski definition) is 6. The van der Waals surface area contributed by atoms with Crippen LogP contribution >= 0.6 is 11.8 Å². The number of aryl methyl sites for hydroxylation is 2. The largest absolute Gasteiger partial charge is 0.411 e. The Kier molecular flexibility index (Phi) is 3.94. The van der Waals surface area contributed by atoms with E-state index >= 15 is 0 Å². The van der Waals surface area contributed by atoms with Crippen molar-refractivity contribution in [2.24, 2.45) is 7.05 Å². The van der Waals surface area contributed by atoms with Gasteiger partial charge in [0.15, 0.2) is 0 Å². The SMILES string of the molecule is Cc1nn(C)cc1-c1nnc(SCc2ccc(C#N)cc2)o1. The summed E-state index contributed by atoms with van der Waals surface area (Å²) in [4.78, 5) is 0. The molecule has 3 rings (SSSR count). The van der Waals surface area contributed by atoms with Gasteiger partial charge in [0, 0.05) is 19.0 Å². The third-order valence-corrected chi connectivity index (χ3v) is 3.99. The van der Waals surface area contributed by atoms with Gasteiger partial charge in [0.2, 0.25) is 0 Å². The van der Waals surface area contributed by atoms with Crippen LogP contribution in [0.5, 0.6) is 0 Å². The van der Waals surface area contributed by atoms with Crippen LogP contribution in [0.25, 0.3) is 11.5 Å².